The monoisotopic (exact) mass is 220 g/mol. The zero-order chi connectivity index (χ0) is 10.8. The largest absolute Gasteiger partial charge is 0.308 e. The summed E-state index contributed by atoms with van der Waals surface area (Å²) in [6.45, 7) is 7.29. The normalized spacial score (nSPS) is 11.5. The molecule has 2 nitrogen and oxygen atoms in total. The van der Waals surface area contributed by atoms with Crippen molar-refractivity contribution in [2.45, 2.75) is 33.4 Å². The van der Waals surface area contributed by atoms with Gasteiger partial charge in [0.05, 0.1) is 10.2 Å². The summed E-state index contributed by atoms with van der Waals surface area (Å²) in [4.78, 5) is 4.64. The first-order valence-corrected chi connectivity index (χ1v) is 6.07. The number of aryl methyl sites for hydroxylation is 1. The highest BCUT2D eigenvalue weighted by Gasteiger charge is 2.05. The van der Waals surface area contributed by atoms with Gasteiger partial charge in [-0.3, -0.25) is 0 Å². The lowest BCUT2D eigenvalue weighted by Crippen LogP contribution is -2.21. The Morgan fingerprint density at radius 3 is 2.87 bits per heavy atom. The number of para-hydroxylation sites is 1. The number of nitrogens with one attached hydrogen (secondary N) is 1. The molecule has 0 unspecified atom stereocenters. The second-order valence-corrected chi connectivity index (χ2v) is 5.18. The van der Waals surface area contributed by atoms with E-state index in [4.69, 9.17) is 0 Å². The number of rotatable bonds is 3. The van der Waals surface area contributed by atoms with Crippen molar-refractivity contribution >= 4 is 21.6 Å². The van der Waals surface area contributed by atoms with Crippen LogP contribution in [0.1, 0.15) is 24.4 Å². The van der Waals surface area contributed by atoms with Gasteiger partial charge >= 0.3 is 0 Å². The molecule has 0 spiro atoms. The van der Waals surface area contributed by atoms with Crippen LogP contribution in [0.25, 0.3) is 10.2 Å². The van der Waals surface area contributed by atoms with E-state index in [1.165, 1.54) is 15.3 Å². The van der Waals surface area contributed by atoms with E-state index in [0.717, 1.165) is 12.1 Å². The molecule has 0 aliphatic carbocycles. The average Bonchev–Trinajstić information content (AvgIpc) is 2.59. The molecule has 1 aromatic carbocycles. The van der Waals surface area contributed by atoms with Gasteiger partial charge in [0.25, 0.3) is 0 Å². The lowest BCUT2D eigenvalue weighted by Gasteiger charge is -2.04. The van der Waals surface area contributed by atoms with Crippen LogP contribution in [-0.4, -0.2) is 11.0 Å². The molecule has 1 heterocycles. The van der Waals surface area contributed by atoms with E-state index < -0.39 is 0 Å². The van der Waals surface area contributed by atoms with Gasteiger partial charge in [0.2, 0.25) is 0 Å². The highest BCUT2D eigenvalue weighted by Crippen LogP contribution is 2.24. The zero-order valence-corrected chi connectivity index (χ0v) is 10.2. The minimum Gasteiger partial charge on any atom is -0.308 e. The Labute approximate surface area is 94.3 Å². The van der Waals surface area contributed by atoms with Crippen molar-refractivity contribution in [2.24, 2.45) is 0 Å². The lowest BCUT2D eigenvalue weighted by molar-refractivity contribution is 0.588. The van der Waals surface area contributed by atoms with Crippen molar-refractivity contribution in [3.63, 3.8) is 0 Å². The molecule has 0 radical (unpaired) electrons. The quantitative estimate of drug-likeness (QED) is 0.859. The molecular weight excluding hydrogens is 204 g/mol. The zero-order valence-electron chi connectivity index (χ0n) is 9.37. The Morgan fingerprint density at radius 2 is 2.20 bits per heavy atom. The van der Waals surface area contributed by atoms with Crippen molar-refractivity contribution < 1.29 is 0 Å². The number of thiazole rings is 1. The maximum atomic E-state index is 4.64. The van der Waals surface area contributed by atoms with Crippen LogP contribution in [0.15, 0.2) is 18.2 Å². The van der Waals surface area contributed by atoms with E-state index in [-0.39, 0.29) is 0 Å². The fraction of sp³-hybridized carbons (Fsp3) is 0.417. The van der Waals surface area contributed by atoms with Gasteiger partial charge in [0.1, 0.15) is 5.01 Å². The molecule has 0 saturated carbocycles. The molecular formula is C12H16N2S. The molecule has 0 bridgehead atoms. The highest BCUT2D eigenvalue weighted by atomic mass is 32.1. The molecule has 0 amide bonds. The Balaban J connectivity index is 2.27. The number of hydrogen-bond acceptors (Lipinski definition) is 3. The SMILES string of the molecule is Cc1cccc2sc(CNC(C)C)nc12. The summed E-state index contributed by atoms with van der Waals surface area (Å²) < 4.78 is 1.29. The molecule has 80 valence electrons. The van der Waals surface area contributed by atoms with Crippen molar-refractivity contribution in [3.05, 3.63) is 28.8 Å². The minimum absolute atomic E-state index is 0.512. The van der Waals surface area contributed by atoms with Crippen molar-refractivity contribution in [1.29, 1.82) is 0 Å². The molecule has 15 heavy (non-hydrogen) atoms. The highest BCUT2D eigenvalue weighted by molar-refractivity contribution is 7.18. The van der Waals surface area contributed by atoms with Crippen LogP contribution in [-0.2, 0) is 6.54 Å². The van der Waals surface area contributed by atoms with E-state index >= 15 is 0 Å². The predicted molar refractivity (Wildman–Crippen MR) is 66.3 cm³/mol. The summed E-state index contributed by atoms with van der Waals surface area (Å²) in [6.07, 6.45) is 0. The molecule has 0 saturated heterocycles. The van der Waals surface area contributed by atoms with Gasteiger partial charge in [-0.05, 0) is 18.6 Å². The summed E-state index contributed by atoms with van der Waals surface area (Å²) in [6, 6.07) is 6.86. The van der Waals surface area contributed by atoms with Crippen LogP contribution in [0.5, 0.6) is 0 Å². The fourth-order valence-electron chi connectivity index (χ4n) is 1.50. The molecule has 0 atom stereocenters. The van der Waals surface area contributed by atoms with Crippen LogP contribution >= 0.6 is 11.3 Å². The molecule has 2 aromatic rings. The third kappa shape index (κ3) is 2.36. The van der Waals surface area contributed by atoms with Crippen LogP contribution in [0.3, 0.4) is 0 Å². The van der Waals surface area contributed by atoms with E-state index in [2.05, 4.69) is 49.3 Å². The van der Waals surface area contributed by atoms with E-state index in [0.29, 0.717) is 6.04 Å². The number of hydrogen-bond donors (Lipinski definition) is 1. The first-order valence-electron chi connectivity index (χ1n) is 5.25. The van der Waals surface area contributed by atoms with Gasteiger partial charge in [-0.1, -0.05) is 26.0 Å². The van der Waals surface area contributed by atoms with Gasteiger partial charge in [0.15, 0.2) is 0 Å². The Bertz CT molecular complexity index is 460. The van der Waals surface area contributed by atoms with Crippen LogP contribution in [0, 0.1) is 6.92 Å². The van der Waals surface area contributed by atoms with Gasteiger partial charge in [0, 0.05) is 12.6 Å². The Morgan fingerprint density at radius 1 is 1.40 bits per heavy atom. The van der Waals surface area contributed by atoms with Crippen LogP contribution < -0.4 is 5.32 Å². The first-order chi connectivity index (χ1) is 7.16. The average molecular weight is 220 g/mol. The first kappa shape index (κ1) is 10.6. The number of aromatic nitrogens is 1. The number of nitrogens with zero attached hydrogens (tertiary/aromatic N) is 1. The van der Waals surface area contributed by atoms with Crippen LogP contribution in [0.2, 0.25) is 0 Å². The van der Waals surface area contributed by atoms with E-state index in [1.54, 1.807) is 11.3 Å². The molecule has 1 N–H and O–H groups in total. The van der Waals surface area contributed by atoms with Crippen molar-refractivity contribution in [3.8, 4) is 0 Å². The fourth-order valence-corrected chi connectivity index (χ4v) is 2.50. The summed E-state index contributed by atoms with van der Waals surface area (Å²) in [5, 5.41) is 4.56. The molecule has 0 fully saturated rings. The molecule has 1 aromatic heterocycles. The van der Waals surface area contributed by atoms with Gasteiger partial charge < -0.3 is 5.32 Å². The molecule has 0 aliphatic rings. The van der Waals surface area contributed by atoms with Gasteiger partial charge in [-0.15, -0.1) is 11.3 Å². The van der Waals surface area contributed by atoms with Crippen molar-refractivity contribution in [1.82, 2.24) is 10.3 Å². The Kier molecular flexibility index (Phi) is 3.03. The summed E-state index contributed by atoms with van der Waals surface area (Å²) in [7, 11) is 0. The van der Waals surface area contributed by atoms with Crippen molar-refractivity contribution in [2.75, 3.05) is 0 Å². The maximum Gasteiger partial charge on any atom is 0.108 e. The molecule has 0 aliphatic heterocycles. The number of benzene rings is 1. The minimum atomic E-state index is 0.512. The predicted octanol–water partition coefficient (Wildman–Crippen LogP) is 3.10. The molecule has 3 heteroatoms. The number of fused-ring (bicyclic) bond motifs is 1. The lowest BCUT2D eigenvalue weighted by atomic mass is 10.2. The second-order valence-electron chi connectivity index (χ2n) is 4.06. The smallest absolute Gasteiger partial charge is 0.108 e. The van der Waals surface area contributed by atoms with E-state index in [9.17, 15) is 0 Å². The second kappa shape index (κ2) is 4.29. The molecule has 2 rings (SSSR count). The summed E-state index contributed by atoms with van der Waals surface area (Å²) in [5.74, 6) is 0. The third-order valence-corrected chi connectivity index (χ3v) is 3.35. The summed E-state index contributed by atoms with van der Waals surface area (Å²) in [5.41, 5.74) is 2.42. The van der Waals surface area contributed by atoms with E-state index in [1.807, 2.05) is 0 Å². The van der Waals surface area contributed by atoms with Crippen LogP contribution in [0.4, 0.5) is 0 Å². The maximum absolute atomic E-state index is 4.64. The van der Waals surface area contributed by atoms with Gasteiger partial charge in [-0.25, -0.2) is 4.98 Å². The van der Waals surface area contributed by atoms with Gasteiger partial charge in [-0.2, -0.15) is 0 Å². The Hall–Kier alpha value is -0.930. The third-order valence-electron chi connectivity index (χ3n) is 2.33. The topological polar surface area (TPSA) is 24.9 Å². The standard InChI is InChI=1S/C12H16N2S/c1-8(2)13-7-11-14-12-9(3)5-4-6-10(12)15-11/h4-6,8,13H,7H2,1-3H3. The summed E-state index contributed by atoms with van der Waals surface area (Å²) >= 11 is 1.78.